The van der Waals surface area contributed by atoms with Crippen LogP contribution in [0.25, 0.3) is 0 Å². The van der Waals surface area contributed by atoms with Crippen LogP contribution in [-0.4, -0.2) is 13.7 Å². The number of thioether (sulfide) groups is 3. The molecular formula is C21H24N2S3. The second-order valence-corrected chi connectivity index (χ2v) is 11.6. The Kier molecular flexibility index (Phi) is 8.30. The van der Waals surface area contributed by atoms with E-state index in [9.17, 15) is 0 Å². The number of hydrogen-bond acceptors (Lipinski definition) is 5. The molecule has 5 rings (SSSR count). The van der Waals surface area contributed by atoms with Crippen LogP contribution in [0.1, 0.15) is 57.6 Å². The van der Waals surface area contributed by atoms with Crippen molar-refractivity contribution in [3.63, 3.8) is 0 Å². The fraction of sp³-hybridized carbons (Fsp3) is 0.524. The van der Waals surface area contributed by atoms with Crippen molar-refractivity contribution < 1.29 is 0 Å². The molecule has 0 N–H and O–H groups in total. The Bertz CT molecular complexity index is 663. The van der Waals surface area contributed by atoms with Crippen LogP contribution in [0, 0.1) is 39.9 Å². The fourth-order valence-corrected chi connectivity index (χ4v) is 10.5. The largest absolute Gasteiger partial charge is 0.192 e. The van der Waals surface area contributed by atoms with E-state index in [2.05, 4.69) is 61.0 Å². The molecule has 0 radical (unpaired) electrons. The van der Waals surface area contributed by atoms with Crippen molar-refractivity contribution >= 4 is 35.3 Å². The highest BCUT2D eigenvalue weighted by molar-refractivity contribution is 8.33. The molecule has 0 aliphatic carbocycles. The predicted molar refractivity (Wildman–Crippen MR) is 116 cm³/mol. The molecule has 4 fully saturated rings. The zero-order chi connectivity index (χ0) is 19.0. The van der Waals surface area contributed by atoms with Crippen molar-refractivity contribution in [3.05, 3.63) is 35.4 Å². The number of benzene rings is 1. The summed E-state index contributed by atoms with van der Waals surface area (Å²) in [5.74, 6) is 6.65. The monoisotopic (exact) mass is 400 g/mol. The van der Waals surface area contributed by atoms with Gasteiger partial charge in [0.05, 0.1) is 37.0 Å². The summed E-state index contributed by atoms with van der Waals surface area (Å²) >= 11 is 6.57. The molecule has 1 aromatic rings. The average molecular weight is 401 g/mol. The van der Waals surface area contributed by atoms with Gasteiger partial charge in [0.2, 0.25) is 0 Å². The van der Waals surface area contributed by atoms with Gasteiger partial charge in [-0.1, -0.05) is 26.2 Å². The standard InChI is InChI=1S/C10H12S3.C8H4N2.C3H8/c1-2-3-10-4-7-11-8(5-10)13-9(6-10)12-7;9-5-7-1-2-8(6-10)4-3-7;1-3-2/h7-9H,4-6H2,1H3;1-4H;3H2,1-2H3. The first-order chi connectivity index (χ1) is 12.6. The van der Waals surface area contributed by atoms with Crippen LogP contribution in [0.5, 0.6) is 0 Å². The van der Waals surface area contributed by atoms with E-state index < -0.39 is 0 Å². The zero-order valence-electron chi connectivity index (χ0n) is 15.5. The number of nitriles is 2. The molecule has 0 atom stereocenters. The summed E-state index contributed by atoms with van der Waals surface area (Å²) in [6.07, 6.45) is 5.28. The minimum absolute atomic E-state index is 0.427. The van der Waals surface area contributed by atoms with Gasteiger partial charge in [0.15, 0.2) is 0 Å². The third kappa shape index (κ3) is 5.65. The molecule has 5 heteroatoms. The lowest BCUT2D eigenvalue weighted by molar-refractivity contribution is 0.322. The minimum atomic E-state index is 0.427. The van der Waals surface area contributed by atoms with Gasteiger partial charge < -0.3 is 0 Å². The van der Waals surface area contributed by atoms with Crippen molar-refractivity contribution in [1.82, 2.24) is 0 Å². The first-order valence-electron chi connectivity index (χ1n) is 8.88. The van der Waals surface area contributed by atoms with E-state index in [1.165, 1.54) is 25.7 Å². The maximum Gasteiger partial charge on any atom is 0.0991 e. The molecule has 4 aliphatic rings. The molecule has 4 heterocycles. The molecule has 4 bridgehead atoms. The van der Waals surface area contributed by atoms with Gasteiger partial charge in [0.25, 0.3) is 0 Å². The van der Waals surface area contributed by atoms with Gasteiger partial charge in [-0.2, -0.15) is 10.5 Å². The smallest absolute Gasteiger partial charge is 0.0991 e. The molecule has 0 saturated carbocycles. The molecule has 136 valence electrons. The molecule has 1 aromatic carbocycles. The molecule has 4 saturated heterocycles. The average Bonchev–Trinajstić information content (AvgIpc) is 2.62. The minimum Gasteiger partial charge on any atom is -0.192 e. The van der Waals surface area contributed by atoms with E-state index in [1.54, 1.807) is 24.3 Å². The van der Waals surface area contributed by atoms with Crippen LogP contribution in [0.3, 0.4) is 0 Å². The highest BCUT2D eigenvalue weighted by Crippen LogP contribution is 2.66. The lowest BCUT2D eigenvalue weighted by Gasteiger charge is -2.53. The molecule has 26 heavy (non-hydrogen) atoms. The molecular weight excluding hydrogens is 376 g/mol. The van der Waals surface area contributed by atoms with Crippen LogP contribution in [0.4, 0.5) is 0 Å². The Morgan fingerprint density at radius 1 is 0.885 bits per heavy atom. The van der Waals surface area contributed by atoms with E-state index in [1.807, 2.05) is 19.1 Å². The van der Waals surface area contributed by atoms with Crippen LogP contribution in [-0.2, 0) is 0 Å². The number of hydrogen-bond donors (Lipinski definition) is 0. The molecule has 0 spiro atoms. The molecule has 0 aromatic heterocycles. The third-order valence-electron chi connectivity index (χ3n) is 4.12. The van der Waals surface area contributed by atoms with E-state index in [4.69, 9.17) is 10.5 Å². The van der Waals surface area contributed by atoms with Crippen molar-refractivity contribution in [3.8, 4) is 24.0 Å². The Morgan fingerprint density at radius 2 is 1.23 bits per heavy atom. The van der Waals surface area contributed by atoms with Crippen LogP contribution < -0.4 is 0 Å². The summed E-state index contributed by atoms with van der Waals surface area (Å²) in [4.78, 5) is 0. The highest BCUT2D eigenvalue weighted by atomic mass is 32.3. The van der Waals surface area contributed by atoms with Gasteiger partial charge >= 0.3 is 0 Å². The Morgan fingerprint density at radius 3 is 1.50 bits per heavy atom. The van der Waals surface area contributed by atoms with E-state index >= 15 is 0 Å². The van der Waals surface area contributed by atoms with Gasteiger partial charge in [-0.3, -0.25) is 0 Å². The Labute approximate surface area is 170 Å². The maximum atomic E-state index is 8.37. The Balaban J connectivity index is 0.000000168. The molecule has 4 aliphatic heterocycles. The summed E-state index contributed by atoms with van der Waals surface area (Å²) in [7, 11) is 0. The first-order valence-corrected chi connectivity index (χ1v) is 11.7. The van der Waals surface area contributed by atoms with E-state index in [-0.39, 0.29) is 0 Å². The van der Waals surface area contributed by atoms with Crippen molar-refractivity contribution in [2.24, 2.45) is 5.41 Å². The molecule has 0 unspecified atom stereocenters. The summed E-state index contributed by atoms with van der Waals surface area (Å²) in [5.41, 5.74) is 1.59. The van der Waals surface area contributed by atoms with Crippen molar-refractivity contribution in [2.45, 2.75) is 60.2 Å². The van der Waals surface area contributed by atoms with Crippen LogP contribution >= 0.6 is 35.3 Å². The second-order valence-electron chi connectivity index (χ2n) is 6.47. The van der Waals surface area contributed by atoms with E-state index in [0.717, 1.165) is 13.7 Å². The summed E-state index contributed by atoms with van der Waals surface area (Å²) in [6, 6.07) is 10.4. The molecule has 0 amide bonds. The number of rotatable bonds is 0. The lowest BCUT2D eigenvalue weighted by atomic mass is 9.79. The Hall–Kier alpha value is -1.19. The third-order valence-corrected chi connectivity index (χ3v) is 8.94. The first kappa shape index (κ1) is 21.1. The normalized spacial score (nSPS) is 29.5. The van der Waals surface area contributed by atoms with Crippen molar-refractivity contribution in [1.29, 1.82) is 10.5 Å². The number of nitrogens with zero attached hydrogens (tertiary/aromatic N) is 2. The maximum absolute atomic E-state index is 8.37. The topological polar surface area (TPSA) is 47.6 Å². The van der Waals surface area contributed by atoms with Crippen molar-refractivity contribution in [2.75, 3.05) is 0 Å². The highest BCUT2D eigenvalue weighted by Gasteiger charge is 2.51. The molecule has 2 nitrogen and oxygen atoms in total. The summed E-state index contributed by atoms with van der Waals surface area (Å²) in [5, 5.41) is 16.7. The lowest BCUT2D eigenvalue weighted by Crippen LogP contribution is -2.43. The SMILES string of the molecule is CC#CC12CC3SC(C1)SC(C2)S3.CCC.N#Cc1ccc(C#N)cc1. The van der Waals surface area contributed by atoms with Gasteiger partial charge in [0, 0.05) is 5.41 Å². The quantitative estimate of drug-likeness (QED) is 0.483. The summed E-state index contributed by atoms with van der Waals surface area (Å²) in [6.45, 7) is 6.24. The summed E-state index contributed by atoms with van der Waals surface area (Å²) < 4.78 is 2.58. The predicted octanol–water partition coefficient (Wildman–Crippen LogP) is 6.23. The van der Waals surface area contributed by atoms with Gasteiger partial charge in [-0.05, 0) is 50.5 Å². The van der Waals surface area contributed by atoms with Gasteiger partial charge in [-0.25, -0.2) is 0 Å². The fourth-order valence-electron chi connectivity index (χ4n) is 3.14. The van der Waals surface area contributed by atoms with Crippen LogP contribution in [0.2, 0.25) is 0 Å². The van der Waals surface area contributed by atoms with Gasteiger partial charge in [0.1, 0.15) is 0 Å². The van der Waals surface area contributed by atoms with Gasteiger partial charge in [-0.15, -0.1) is 41.2 Å². The van der Waals surface area contributed by atoms with Crippen LogP contribution in [0.15, 0.2) is 24.3 Å². The second kappa shape index (κ2) is 10.2. The zero-order valence-corrected chi connectivity index (χ0v) is 17.9. The van der Waals surface area contributed by atoms with E-state index in [0.29, 0.717) is 16.5 Å².